The summed E-state index contributed by atoms with van der Waals surface area (Å²) >= 11 is 0. The number of hydrogen-bond acceptors (Lipinski definition) is 1. The number of hydrogen-bond donors (Lipinski definition) is 1. The fraction of sp³-hybridized carbons (Fsp3) is 0.625. The average molecular weight is 359 g/mol. The van der Waals surface area contributed by atoms with E-state index < -0.39 is 5.97 Å². The van der Waals surface area contributed by atoms with Crippen LogP contribution in [0.1, 0.15) is 102 Å². The Balaban J connectivity index is 1.96. The van der Waals surface area contributed by atoms with Crippen molar-refractivity contribution in [2.24, 2.45) is 0 Å². The van der Waals surface area contributed by atoms with Gasteiger partial charge in [-0.15, -0.1) is 0 Å². The van der Waals surface area contributed by atoms with Crippen LogP contribution >= 0.6 is 0 Å². The molecule has 146 valence electrons. The van der Waals surface area contributed by atoms with E-state index in [9.17, 15) is 4.79 Å². The van der Waals surface area contributed by atoms with Gasteiger partial charge in [-0.1, -0.05) is 115 Å². The lowest BCUT2D eigenvalue weighted by atomic mass is 10.0. The number of carbonyl (C=O) groups is 1. The minimum atomic E-state index is -0.950. The number of carboxylic acid groups (broad SMARTS) is 1. The van der Waals surface area contributed by atoms with Crippen LogP contribution in [0.5, 0.6) is 0 Å². The maximum Gasteiger partial charge on any atom is 0.335 e. The predicted octanol–water partition coefficient (Wildman–Crippen LogP) is 7.42. The van der Waals surface area contributed by atoms with E-state index in [2.05, 4.69) is 13.5 Å². The predicted molar refractivity (Wildman–Crippen MR) is 113 cm³/mol. The average Bonchev–Trinajstić information content (AvgIpc) is 2.65. The van der Waals surface area contributed by atoms with Crippen LogP contribution in [0.3, 0.4) is 0 Å². The summed E-state index contributed by atoms with van der Waals surface area (Å²) in [6.07, 6.45) is 19.0. The van der Waals surface area contributed by atoms with E-state index in [1.165, 1.54) is 89.0 Å². The monoisotopic (exact) mass is 358 g/mol. The highest BCUT2D eigenvalue weighted by Crippen LogP contribution is 2.16. The summed E-state index contributed by atoms with van der Waals surface area (Å²) in [6, 6.07) is 7.80. The van der Waals surface area contributed by atoms with Crippen molar-refractivity contribution in [1.82, 2.24) is 0 Å². The minimum absolute atomic E-state index is 0.164. The van der Waals surface area contributed by atoms with Crippen LogP contribution in [-0.2, 0) is 11.2 Å². The van der Waals surface area contributed by atoms with Crippen molar-refractivity contribution < 1.29 is 9.90 Å². The van der Waals surface area contributed by atoms with Gasteiger partial charge >= 0.3 is 5.97 Å². The quantitative estimate of drug-likeness (QED) is 0.246. The molecule has 0 bridgehead atoms. The van der Waals surface area contributed by atoms with Gasteiger partial charge in [-0.2, -0.15) is 0 Å². The molecule has 0 aliphatic heterocycles. The van der Waals surface area contributed by atoms with Gasteiger partial charge in [0.2, 0.25) is 0 Å². The van der Waals surface area contributed by atoms with Crippen molar-refractivity contribution in [2.45, 2.75) is 96.8 Å². The summed E-state index contributed by atoms with van der Waals surface area (Å²) in [4.78, 5) is 10.9. The van der Waals surface area contributed by atoms with Crippen molar-refractivity contribution in [3.63, 3.8) is 0 Å². The highest BCUT2D eigenvalue weighted by molar-refractivity contribution is 6.14. The number of aryl methyl sites for hydroxylation is 1. The van der Waals surface area contributed by atoms with E-state index >= 15 is 0 Å². The summed E-state index contributed by atoms with van der Waals surface area (Å²) in [5.74, 6) is -0.950. The topological polar surface area (TPSA) is 37.3 Å². The van der Waals surface area contributed by atoms with E-state index in [0.29, 0.717) is 5.56 Å². The lowest BCUT2D eigenvalue weighted by molar-refractivity contribution is -0.130. The molecule has 1 aromatic carbocycles. The van der Waals surface area contributed by atoms with E-state index in [1.807, 2.05) is 24.3 Å². The number of carboxylic acids is 1. The van der Waals surface area contributed by atoms with Crippen LogP contribution < -0.4 is 0 Å². The lowest BCUT2D eigenvalue weighted by Gasteiger charge is -2.05. The maximum absolute atomic E-state index is 10.9. The van der Waals surface area contributed by atoms with Gasteiger partial charge in [-0.05, 0) is 24.0 Å². The highest BCUT2D eigenvalue weighted by atomic mass is 16.4. The van der Waals surface area contributed by atoms with Gasteiger partial charge in [-0.25, -0.2) is 4.79 Å². The molecule has 0 amide bonds. The van der Waals surface area contributed by atoms with Gasteiger partial charge in [0.05, 0.1) is 5.57 Å². The molecule has 26 heavy (non-hydrogen) atoms. The first-order chi connectivity index (χ1) is 12.6. The third-order valence-electron chi connectivity index (χ3n) is 5.13. The Morgan fingerprint density at radius 3 is 1.62 bits per heavy atom. The Labute approximate surface area is 160 Å². The third kappa shape index (κ3) is 10.4. The zero-order valence-corrected chi connectivity index (χ0v) is 16.8. The van der Waals surface area contributed by atoms with Crippen LogP contribution in [-0.4, -0.2) is 11.1 Å². The molecular formula is C24H38O2. The van der Waals surface area contributed by atoms with Crippen LogP contribution in [0.2, 0.25) is 0 Å². The first-order valence-electron chi connectivity index (χ1n) is 10.7. The molecule has 0 aromatic heterocycles. The molecule has 0 fully saturated rings. The SMILES string of the molecule is C=C(C(=O)O)c1ccc(CCCCCCCCCCCCCCC)cc1. The van der Waals surface area contributed by atoms with Gasteiger partial charge < -0.3 is 5.11 Å². The second-order valence-corrected chi connectivity index (χ2v) is 7.47. The highest BCUT2D eigenvalue weighted by Gasteiger charge is 2.06. The van der Waals surface area contributed by atoms with Crippen molar-refractivity contribution in [2.75, 3.05) is 0 Å². The zero-order chi connectivity index (χ0) is 19.0. The molecule has 0 unspecified atom stereocenters. The van der Waals surface area contributed by atoms with E-state index in [1.54, 1.807) is 0 Å². The van der Waals surface area contributed by atoms with Crippen molar-refractivity contribution in [3.8, 4) is 0 Å². The number of unbranched alkanes of at least 4 members (excludes halogenated alkanes) is 12. The Hall–Kier alpha value is -1.57. The summed E-state index contributed by atoms with van der Waals surface area (Å²) in [5.41, 5.74) is 2.15. The molecule has 0 saturated heterocycles. The number of aliphatic carboxylic acids is 1. The van der Waals surface area contributed by atoms with Crippen molar-refractivity contribution in [3.05, 3.63) is 42.0 Å². The molecule has 0 aliphatic carbocycles. The molecule has 0 radical (unpaired) electrons. The Bertz CT molecular complexity index is 501. The van der Waals surface area contributed by atoms with E-state index in [0.717, 1.165) is 6.42 Å². The van der Waals surface area contributed by atoms with Gasteiger partial charge in [0, 0.05) is 0 Å². The molecule has 0 spiro atoms. The molecule has 1 N–H and O–H groups in total. The molecular weight excluding hydrogens is 320 g/mol. The molecule has 1 aromatic rings. The van der Waals surface area contributed by atoms with Crippen LogP contribution in [0.4, 0.5) is 0 Å². The maximum atomic E-state index is 10.9. The van der Waals surface area contributed by atoms with Crippen LogP contribution in [0, 0.1) is 0 Å². The van der Waals surface area contributed by atoms with E-state index in [-0.39, 0.29) is 5.57 Å². The Morgan fingerprint density at radius 2 is 1.19 bits per heavy atom. The molecule has 2 heteroatoms. The zero-order valence-electron chi connectivity index (χ0n) is 16.8. The van der Waals surface area contributed by atoms with Crippen LogP contribution in [0.25, 0.3) is 5.57 Å². The second kappa shape index (κ2) is 14.6. The fourth-order valence-corrected chi connectivity index (χ4v) is 3.34. The summed E-state index contributed by atoms with van der Waals surface area (Å²) in [5, 5.41) is 8.94. The van der Waals surface area contributed by atoms with Gasteiger partial charge in [0.25, 0.3) is 0 Å². The molecule has 2 nitrogen and oxygen atoms in total. The third-order valence-corrected chi connectivity index (χ3v) is 5.13. The van der Waals surface area contributed by atoms with Crippen molar-refractivity contribution in [1.29, 1.82) is 0 Å². The van der Waals surface area contributed by atoms with Gasteiger partial charge in [0.15, 0.2) is 0 Å². The lowest BCUT2D eigenvalue weighted by Crippen LogP contribution is -1.98. The molecule has 1 rings (SSSR count). The molecule has 0 saturated carbocycles. The van der Waals surface area contributed by atoms with E-state index in [4.69, 9.17) is 5.11 Å². The molecule has 0 heterocycles. The fourth-order valence-electron chi connectivity index (χ4n) is 3.34. The smallest absolute Gasteiger partial charge is 0.335 e. The molecule has 0 atom stereocenters. The van der Waals surface area contributed by atoms with Gasteiger partial charge in [0.1, 0.15) is 0 Å². The van der Waals surface area contributed by atoms with Crippen molar-refractivity contribution >= 4 is 11.5 Å². The summed E-state index contributed by atoms with van der Waals surface area (Å²) < 4.78 is 0. The number of rotatable bonds is 16. The number of benzene rings is 1. The summed E-state index contributed by atoms with van der Waals surface area (Å²) in [6.45, 7) is 5.87. The first-order valence-corrected chi connectivity index (χ1v) is 10.7. The standard InChI is InChI=1S/C24H38O2/c1-3-4-5-6-7-8-9-10-11-12-13-14-15-16-22-17-19-23(20-18-22)21(2)24(25)26/h17-20H,2-16H2,1H3,(H,25,26). The minimum Gasteiger partial charge on any atom is -0.478 e. The summed E-state index contributed by atoms with van der Waals surface area (Å²) in [7, 11) is 0. The van der Waals surface area contributed by atoms with Crippen LogP contribution in [0.15, 0.2) is 30.8 Å². The Kier molecular flexibility index (Phi) is 12.6. The van der Waals surface area contributed by atoms with Gasteiger partial charge in [-0.3, -0.25) is 0 Å². The second-order valence-electron chi connectivity index (χ2n) is 7.47. The molecule has 0 aliphatic rings. The normalized spacial score (nSPS) is 10.8. The first kappa shape index (κ1) is 22.5. The largest absolute Gasteiger partial charge is 0.478 e. The Morgan fingerprint density at radius 1 is 0.769 bits per heavy atom.